The molecular formula is C33H22FN3. The Morgan fingerprint density at radius 2 is 0.568 bits per heavy atom. The number of halogens is 1. The molecule has 0 saturated carbocycles. The molecule has 3 nitrogen and oxygen atoms in total. The van der Waals surface area contributed by atoms with Crippen molar-refractivity contribution in [1.82, 2.24) is 15.0 Å². The molecule has 0 saturated heterocycles. The summed E-state index contributed by atoms with van der Waals surface area (Å²) in [5.41, 5.74) is 7.04. The van der Waals surface area contributed by atoms with Crippen molar-refractivity contribution in [3.63, 3.8) is 0 Å². The molecular weight excluding hydrogens is 457 g/mol. The molecule has 0 aliphatic rings. The van der Waals surface area contributed by atoms with Crippen LogP contribution in [-0.4, -0.2) is 15.0 Å². The van der Waals surface area contributed by atoms with Crippen molar-refractivity contribution in [2.75, 3.05) is 0 Å². The van der Waals surface area contributed by atoms with E-state index < -0.39 is 0 Å². The second kappa shape index (κ2) is 9.96. The number of hydrogen-bond donors (Lipinski definition) is 0. The van der Waals surface area contributed by atoms with Crippen molar-refractivity contribution in [3.05, 3.63) is 139 Å². The molecule has 176 valence electrons. The number of benzene rings is 5. The second-order valence-corrected chi connectivity index (χ2v) is 8.70. The van der Waals surface area contributed by atoms with Gasteiger partial charge in [-0.15, -0.1) is 0 Å². The molecule has 1 heterocycles. The van der Waals surface area contributed by atoms with Crippen LogP contribution in [0.3, 0.4) is 0 Å². The molecule has 0 aliphatic heterocycles. The van der Waals surface area contributed by atoms with E-state index in [-0.39, 0.29) is 5.82 Å². The highest BCUT2D eigenvalue weighted by molar-refractivity contribution is 5.73. The van der Waals surface area contributed by atoms with E-state index in [1.54, 1.807) is 12.1 Å². The predicted octanol–water partition coefficient (Wildman–Crippen LogP) is 8.35. The smallest absolute Gasteiger partial charge is 0.164 e. The Labute approximate surface area is 215 Å². The van der Waals surface area contributed by atoms with Gasteiger partial charge in [0.1, 0.15) is 5.82 Å². The molecule has 1 aromatic heterocycles. The van der Waals surface area contributed by atoms with Crippen LogP contribution < -0.4 is 0 Å². The van der Waals surface area contributed by atoms with Crippen LogP contribution in [0.4, 0.5) is 4.39 Å². The summed E-state index contributed by atoms with van der Waals surface area (Å²) in [5.74, 6) is 1.69. The van der Waals surface area contributed by atoms with Gasteiger partial charge in [0.2, 0.25) is 0 Å². The van der Waals surface area contributed by atoms with Crippen molar-refractivity contribution in [2.24, 2.45) is 0 Å². The average Bonchev–Trinajstić information content (AvgIpc) is 2.98. The molecule has 0 N–H and O–H groups in total. The van der Waals surface area contributed by atoms with Gasteiger partial charge in [-0.2, -0.15) is 0 Å². The lowest BCUT2D eigenvalue weighted by Crippen LogP contribution is -2.00. The monoisotopic (exact) mass is 479 g/mol. The van der Waals surface area contributed by atoms with Crippen molar-refractivity contribution < 1.29 is 4.39 Å². The van der Waals surface area contributed by atoms with E-state index in [1.165, 1.54) is 12.1 Å². The standard InChI is InChI=1S/C33H22FN3/c34-30-21-19-26(20-22-30)24-13-11-23(12-14-24)25-15-17-29(18-16-25)33-36-31(27-7-3-1-4-8-27)35-32(37-33)28-9-5-2-6-10-28/h1-22H. The maximum Gasteiger partial charge on any atom is 0.164 e. The Bertz CT molecular complexity index is 1570. The van der Waals surface area contributed by atoms with Crippen LogP contribution in [0.15, 0.2) is 133 Å². The van der Waals surface area contributed by atoms with E-state index in [4.69, 9.17) is 15.0 Å². The van der Waals surface area contributed by atoms with Gasteiger partial charge < -0.3 is 0 Å². The quantitative estimate of drug-likeness (QED) is 0.249. The molecule has 0 atom stereocenters. The molecule has 6 rings (SSSR count). The Kier molecular flexibility index (Phi) is 6.05. The molecule has 0 spiro atoms. The zero-order chi connectivity index (χ0) is 25.0. The third-order valence-corrected chi connectivity index (χ3v) is 6.24. The summed E-state index contributed by atoms with van der Waals surface area (Å²) < 4.78 is 13.2. The van der Waals surface area contributed by atoms with Gasteiger partial charge in [0.05, 0.1) is 0 Å². The highest BCUT2D eigenvalue weighted by atomic mass is 19.1. The van der Waals surface area contributed by atoms with Crippen LogP contribution in [0.2, 0.25) is 0 Å². The number of hydrogen-bond acceptors (Lipinski definition) is 3. The molecule has 6 aromatic rings. The zero-order valence-corrected chi connectivity index (χ0v) is 19.9. The van der Waals surface area contributed by atoms with Gasteiger partial charge >= 0.3 is 0 Å². The number of nitrogens with zero attached hydrogens (tertiary/aromatic N) is 3. The topological polar surface area (TPSA) is 38.7 Å². The normalized spacial score (nSPS) is 10.8. The lowest BCUT2D eigenvalue weighted by Gasteiger charge is -2.09. The van der Waals surface area contributed by atoms with E-state index >= 15 is 0 Å². The Morgan fingerprint density at radius 3 is 0.919 bits per heavy atom. The molecule has 37 heavy (non-hydrogen) atoms. The Hall–Kier alpha value is -4.96. The number of aromatic nitrogens is 3. The largest absolute Gasteiger partial charge is 0.208 e. The summed E-state index contributed by atoms with van der Waals surface area (Å²) in [6.45, 7) is 0. The minimum Gasteiger partial charge on any atom is -0.208 e. The number of rotatable bonds is 5. The minimum absolute atomic E-state index is 0.231. The van der Waals surface area contributed by atoms with Gasteiger partial charge in [-0.3, -0.25) is 0 Å². The van der Waals surface area contributed by atoms with Crippen LogP contribution in [0.5, 0.6) is 0 Å². The molecule has 4 heteroatoms. The summed E-state index contributed by atoms with van der Waals surface area (Å²) >= 11 is 0. The van der Waals surface area contributed by atoms with Crippen molar-refractivity contribution in [2.45, 2.75) is 0 Å². The fraction of sp³-hybridized carbons (Fsp3) is 0. The predicted molar refractivity (Wildman–Crippen MR) is 147 cm³/mol. The van der Waals surface area contributed by atoms with Gasteiger partial charge in [0, 0.05) is 16.7 Å². The molecule has 0 aliphatic carbocycles. The van der Waals surface area contributed by atoms with Gasteiger partial charge in [-0.1, -0.05) is 121 Å². The third kappa shape index (κ3) is 4.91. The van der Waals surface area contributed by atoms with Crippen molar-refractivity contribution in [1.29, 1.82) is 0 Å². The van der Waals surface area contributed by atoms with E-state index in [2.05, 4.69) is 36.4 Å². The molecule has 5 aromatic carbocycles. The molecule has 0 unspecified atom stereocenters. The Balaban J connectivity index is 1.33. The highest BCUT2D eigenvalue weighted by Crippen LogP contribution is 2.28. The highest BCUT2D eigenvalue weighted by Gasteiger charge is 2.12. The molecule has 0 bridgehead atoms. The second-order valence-electron chi connectivity index (χ2n) is 8.70. The first-order chi connectivity index (χ1) is 18.2. The van der Waals surface area contributed by atoms with E-state index in [1.807, 2.05) is 72.8 Å². The molecule has 0 amide bonds. The molecule has 0 radical (unpaired) electrons. The minimum atomic E-state index is -0.231. The van der Waals surface area contributed by atoms with Gasteiger partial charge in [-0.25, -0.2) is 19.3 Å². The third-order valence-electron chi connectivity index (χ3n) is 6.24. The average molecular weight is 480 g/mol. The van der Waals surface area contributed by atoms with Crippen LogP contribution in [-0.2, 0) is 0 Å². The van der Waals surface area contributed by atoms with Crippen LogP contribution in [0.1, 0.15) is 0 Å². The summed E-state index contributed by atoms with van der Waals surface area (Å²) in [6.07, 6.45) is 0. The lowest BCUT2D eigenvalue weighted by molar-refractivity contribution is 0.628. The summed E-state index contributed by atoms with van der Waals surface area (Å²) in [5, 5.41) is 0. The first-order valence-electron chi connectivity index (χ1n) is 12.1. The van der Waals surface area contributed by atoms with Crippen molar-refractivity contribution >= 4 is 0 Å². The zero-order valence-electron chi connectivity index (χ0n) is 19.9. The van der Waals surface area contributed by atoms with Gasteiger partial charge in [0.15, 0.2) is 17.5 Å². The maximum atomic E-state index is 13.2. The fourth-order valence-corrected chi connectivity index (χ4v) is 4.25. The van der Waals surface area contributed by atoms with Gasteiger partial charge in [0.25, 0.3) is 0 Å². The summed E-state index contributed by atoms with van der Waals surface area (Å²) in [7, 11) is 0. The first kappa shape index (κ1) is 22.5. The molecule has 0 fully saturated rings. The lowest BCUT2D eigenvalue weighted by atomic mass is 9.99. The van der Waals surface area contributed by atoms with Gasteiger partial charge in [-0.05, 0) is 34.4 Å². The first-order valence-corrected chi connectivity index (χ1v) is 12.1. The Morgan fingerprint density at radius 1 is 0.297 bits per heavy atom. The SMILES string of the molecule is Fc1ccc(-c2ccc(-c3ccc(-c4nc(-c5ccccc5)nc(-c5ccccc5)n4)cc3)cc2)cc1. The summed E-state index contributed by atoms with van der Waals surface area (Å²) in [6, 6.07) is 43.0. The fourth-order valence-electron chi connectivity index (χ4n) is 4.25. The van der Waals surface area contributed by atoms with E-state index in [9.17, 15) is 4.39 Å². The van der Waals surface area contributed by atoms with E-state index in [0.717, 1.165) is 38.9 Å². The van der Waals surface area contributed by atoms with Crippen molar-refractivity contribution in [3.8, 4) is 56.4 Å². The van der Waals surface area contributed by atoms with Crippen LogP contribution in [0, 0.1) is 5.82 Å². The maximum absolute atomic E-state index is 13.2. The van der Waals surface area contributed by atoms with E-state index in [0.29, 0.717) is 17.5 Å². The van der Waals surface area contributed by atoms with Crippen LogP contribution >= 0.6 is 0 Å². The van der Waals surface area contributed by atoms with Crippen LogP contribution in [0.25, 0.3) is 56.4 Å². The summed E-state index contributed by atoms with van der Waals surface area (Å²) in [4.78, 5) is 14.4.